The molecule has 3 atom stereocenters. The van der Waals surface area contributed by atoms with E-state index in [1.165, 1.54) is 0 Å². The zero-order chi connectivity index (χ0) is 24.3. The maximum absolute atomic E-state index is 13.0. The van der Waals surface area contributed by atoms with E-state index in [0.29, 0.717) is 19.3 Å². The van der Waals surface area contributed by atoms with Crippen molar-refractivity contribution in [2.24, 2.45) is 11.3 Å². The number of nitrogens with one attached hydrogen (secondary N) is 2. The predicted octanol–water partition coefficient (Wildman–Crippen LogP) is 4.31. The number of ether oxygens (including phenoxy) is 1. The number of benzene rings is 2. The van der Waals surface area contributed by atoms with Gasteiger partial charge in [-0.3, -0.25) is 9.59 Å². The second-order valence-corrected chi connectivity index (χ2v) is 9.55. The summed E-state index contributed by atoms with van der Waals surface area (Å²) in [5, 5.41) is 15.0. The van der Waals surface area contributed by atoms with Gasteiger partial charge in [0.25, 0.3) is 0 Å². The summed E-state index contributed by atoms with van der Waals surface area (Å²) in [6.45, 7) is 3.97. The third-order valence-electron chi connectivity index (χ3n) is 7.44. The molecule has 0 bridgehead atoms. The Hall–Kier alpha value is -3.35. The first-order valence-corrected chi connectivity index (χ1v) is 12.0. The third-order valence-corrected chi connectivity index (χ3v) is 7.44. The van der Waals surface area contributed by atoms with Gasteiger partial charge in [-0.05, 0) is 48.4 Å². The molecule has 3 N–H and O–H groups in total. The van der Waals surface area contributed by atoms with Crippen molar-refractivity contribution in [3.8, 4) is 11.1 Å². The van der Waals surface area contributed by atoms with E-state index in [4.69, 9.17) is 4.74 Å². The SMILES string of the molecule is CCC(C)(CNC(=O)OCC1c2ccccc2-c2ccccc21)C(=O)NC1CCCC1C(=O)O. The van der Waals surface area contributed by atoms with Crippen LogP contribution in [0.15, 0.2) is 48.5 Å². The van der Waals surface area contributed by atoms with Crippen molar-refractivity contribution in [3.63, 3.8) is 0 Å². The Morgan fingerprint density at radius 1 is 1.03 bits per heavy atom. The van der Waals surface area contributed by atoms with E-state index in [1.807, 2.05) is 31.2 Å². The highest BCUT2D eigenvalue weighted by atomic mass is 16.5. The zero-order valence-corrected chi connectivity index (χ0v) is 19.7. The number of rotatable bonds is 8. The van der Waals surface area contributed by atoms with Crippen LogP contribution in [0.2, 0.25) is 0 Å². The van der Waals surface area contributed by atoms with Crippen LogP contribution in [-0.4, -0.2) is 42.3 Å². The Kier molecular flexibility index (Phi) is 6.91. The van der Waals surface area contributed by atoms with Gasteiger partial charge >= 0.3 is 12.1 Å². The van der Waals surface area contributed by atoms with Gasteiger partial charge in [0.1, 0.15) is 6.61 Å². The summed E-state index contributed by atoms with van der Waals surface area (Å²) in [6, 6.07) is 15.9. The lowest BCUT2D eigenvalue weighted by Crippen LogP contribution is -2.51. The lowest BCUT2D eigenvalue weighted by molar-refractivity contribution is -0.142. The van der Waals surface area contributed by atoms with Crippen molar-refractivity contribution in [1.29, 1.82) is 0 Å². The Morgan fingerprint density at radius 3 is 2.24 bits per heavy atom. The number of hydrogen-bond acceptors (Lipinski definition) is 4. The molecule has 34 heavy (non-hydrogen) atoms. The number of carbonyl (C=O) groups is 3. The molecule has 4 rings (SSSR count). The summed E-state index contributed by atoms with van der Waals surface area (Å²) >= 11 is 0. The van der Waals surface area contributed by atoms with E-state index < -0.39 is 23.4 Å². The normalized spacial score (nSPS) is 20.6. The molecule has 0 heterocycles. The average molecular weight is 465 g/mol. The van der Waals surface area contributed by atoms with E-state index >= 15 is 0 Å². The maximum Gasteiger partial charge on any atom is 0.407 e. The molecule has 0 aliphatic heterocycles. The van der Waals surface area contributed by atoms with Crippen molar-refractivity contribution >= 4 is 18.0 Å². The number of amides is 2. The molecular formula is C27H32N2O5. The molecule has 1 saturated carbocycles. The van der Waals surface area contributed by atoms with E-state index in [9.17, 15) is 19.5 Å². The highest BCUT2D eigenvalue weighted by molar-refractivity contribution is 5.84. The van der Waals surface area contributed by atoms with Gasteiger partial charge in [-0.25, -0.2) is 4.79 Å². The topological polar surface area (TPSA) is 105 Å². The van der Waals surface area contributed by atoms with Crippen LogP contribution in [0.4, 0.5) is 4.79 Å². The molecule has 1 fully saturated rings. The van der Waals surface area contributed by atoms with Crippen LogP contribution in [-0.2, 0) is 14.3 Å². The van der Waals surface area contributed by atoms with Crippen molar-refractivity contribution in [3.05, 3.63) is 59.7 Å². The fourth-order valence-corrected chi connectivity index (χ4v) is 5.05. The Balaban J connectivity index is 1.34. The summed E-state index contributed by atoms with van der Waals surface area (Å²) in [5.74, 6) is -1.71. The molecule has 2 aromatic carbocycles. The first kappa shape index (κ1) is 23.8. The monoisotopic (exact) mass is 464 g/mol. The van der Waals surface area contributed by atoms with E-state index in [1.54, 1.807) is 6.92 Å². The van der Waals surface area contributed by atoms with Crippen LogP contribution >= 0.6 is 0 Å². The van der Waals surface area contributed by atoms with Crippen molar-refractivity contribution < 1.29 is 24.2 Å². The van der Waals surface area contributed by atoms with Crippen LogP contribution in [0.3, 0.4) is 0 Å². The van der Waals surface area contributed by atoms with Gasteiger partial charge in [0.05, 0.1) is 11.3 Å². The van der Waals surface area contributed by atoms with Crippen molar-refractivity contribution in [1.82, 2.24) is 10.6 Å². The Morgan fingerprint density at radius 2 is 1.65 bits per heavy atom. The minimum Gasteiger partial charge on any atom is -0.481 e. The van der Waals surface area contributed by atoms with Gasteiger partial charge in [-0.1, -0.05) is 61.9 Å². The van der Waals surface area contributed by atoms with Crippen molar-refractivity contribution in [2.75, 3.05) is 13.2 Å². The van der Waals surface area contributed by atoms with Gasteiger partial charge in [0.15, 0.2) is 0 Å². The number of aliphatic carboxylic acids is 1. The number of alkyl carbamates (subject to hydrolysis) is 1. The van der Waals surface area contributed by atoms with Crippen LogP contribution in [0, 0.1) is 11.3 Å². The van der Waals surface area contributed by atoms with Crippen LogP contribution in [0.25, 0.3) is 11.1 Å². The second-order valence-electron chi connectivity index (χ2n) is 9.55. The van der Waals surface area contributed by atoms with Gasteiger partial charge in [0, 0.05) is 18.5 Å². The first-order valence-electron chi connectivity index (χ1n) is 12.0. The van der Waals surface area contributed by atoms with Gasteiger partial charge < -0.3 is 20.5 Å². The molecule has 2 aliphatic rings. The number of fused-ring (bicyclic) bond motifs is 3. The minimum absolute atomic E-state index is 0.0330. The number of carbonyl (C=O) groups excluding carboxylic acids is 2. The average Bonchev–Trinajstić information content (AvgIpc) is 3.44. The van der Waals surface area contributed by atoms with E-state index in [0.717, 1.165) is 28.7 Å². The molecule has 7 heteroatoms. The minimum atomic E-state index is -0.877. The number of carboxylic acid groups (broad SMARTS) is 1. The lowest BCUT2D eigenvalue weighted by atomic mass is 9.85. The van der Waals surface area contributed by atoms with Crippen molar-refractivity contribution in [2.45, 2.75) is 51.5 Å². The molecule has 3 unspecified atom stereocenters. The lowest BCUT2D eigenvalue weighted by Gasteiger charge is -2.30. The Bertz CT molecular complexity index is 1040. The molecule has 7 nitrogen and oxygen atoms in total. The highest BCUT2D eigenvalue weighted by Crippen LogP contribution is 2.44. The fourth-order valence-electron chi connectivity index (χ4n) is 5.05. The van der Waals surface area contributed by atoms with E-state index in [2.05, 4.69) is 34.9 Å². The van der Waals surface area contributed by atoms with Gasteiger partial charge in [-0.2, -0.15) is 0 Å². The summed E-state index contributed by atoms with van der Waals surface area (Å²) in [7, 11) is 0. The van der Waals surface area contributed by atoms with E-state index in [-0.39, 0.29) is 31.0 Å². The maximum atomic E-state index is 13.0. The number of hydrogen-bond donors (Lipinski definition) is 3. The molecule has 2 amide bonds. The smallest absolute Gasteiger partial charge is 0.407 e. The Labute approximate surface area is 199 Å². The molecular weight excluding hydrogens is 432 g/mol. The predicted molar refractivity (Wildman–Crippen MR) is 128 cm³/mol. The zero-order valence-electron chi connectivity index (χ0n) is 19.7. The molecule has 2 aromatic rings. The third kappa shape index (κ3) is 4.65. The van der Waals surface area contributed by atoms with Crippen LogP contribution < -0.4 is 10.6 Å². The highest BCUT2D eigenvalue weighted by Gasteiger charge is 2.39. The molecule has 0 aromatic heterocycles. The van der Waals surface area contributed by atoms with Gasteiger partial charge in [0.2, 0.25) is 5.91 Å². The van der Waals surface area contributed by atoms with Crippen LogP contribution in [0.1, 0.15) is 56.6 Å². The molecule has 180 valence electrons. The molecule has 0 saturated heterocycles. The molecule has 0 radical (unpaired) electrons. The summed E-state index contributed by atoms with van der Waals surface area (Å²) < 4.78 is 5.58. The van der Waals surface area contributed by atoms with Gasteiger partial charge in [-0.15, -0.1) is 0 Å². The summed E-state index contributed by atoms with van der Waals surface area (Å²) in [5.41, 5.74) is 3.73. The summed E-state index contributed by atoms with van der Waals surface area (Å²) in [4.78, 5) is 37.0. The first-order chi connectivity index (χ1) is 16.3. The molecule has 0 spiro atoms. The summed E-state index contributed by atoms with van der Waals surface area (Å²) in [6.07, 6.45) is 1.93. The largest absolute Gasteiger partial charge is 0.481 e. The quantitative estimate of drug-likeness (QED) is 0.540. The molecule has 2 aliphatic carbocycles. The second kappa shape index (κ2) is 9.87. The fraction of sp³-hybridized carbons (Fsp3) is 0.444. The van der Waals surface area contributed by atoms with Crippen LogP contribution in [0.5, 0.6) is 0 Å². The standard InChI is InChI=1S/C27H32N2O5/c1-3-27(2,25(32)29-23-14-8-13-21(23)24(30)31)16-28-26(33)34-15-22-19-11-6-4-9-17(19)18-10-5-7-12-20(18)22/h4-7,9-12,21-23H,3,8,13-16H2,1-2H3,(H,28,33)(H,29,32)(H,30,31). The number of carboxylic acids is 1.